The van der Waals surface area contributed by atoms with Crippen LogP contribution in [0, 0.1) is 5.92 Å². The van der Waals surface area contributed by atoms with E-state index in [1.54, 1.807) is 6.92 Å². The number of nitrogens with one attached hydrogen (secondary N) is 1. The third-order valence-corrected chi connectivity index (χ3v) is 5.44. The summed E-state index contributed by atoms with van der Waals surface area (Å²) >= 11 is 0. The predicted molar refractivity (Wildman–Crippen MR) is 104 cm³/mol. The summed E-state index contributed by atoms with van der Waals surface area (Å²) in [7, 11) is 0. The van der Waals surface area contributed by atoms with Crippen LogP contribution in [-0.4, -0.2) is 35.3 Å². The molecule has 0 radical (unpaired) electrons. The van der Waals surface area contributed by atoms with Gasteiger partial charge in [-0.15, -0.1) is 0 Å². The second kappa shape index (κ2) is 7.90. The minimum atomic E-state index is -0.324. The summed E-state index contributed by atoms with van der Waals surface area (Å²) in [6, 6.07) is 10.3. The Bertz CT molecular complexity index is 715. The zero-order valence-electron chi connectivity index (χ0n) is 15.7. The van der Waals surface area contributed by atoms with Crippen LogP contribution in [0.1, 0.15) is 45.1 Å². The minimum absolute atomic E-state index is 0.106. The van der Waals surface area contributed by atoms with E-state index in [2.05, 4.69) is 42.6 Å². The highest BCUT2D eigenvalue weighted by Gasteiger charge is 2.28. The van der Waals surface area contributed by atoms with Crippen molar-refractivity contribution in [3.05, 3.63) is 54.1 Å². The third kappa shape index (κ3) is 4.63. The number of carbonyl (C=O) groups excluding carboxylic acids is 2. The molecule has 4 nitrogen and oxygen atoms in total. The lowest BCUT2D eigenvalue weighted by Crippen LogP contribution is -2.46. The first-order chi connectivity index (χ1) is 12.5. The number of hydrogen-bond acceptors (Lipinski definition) is 2. The SMILES string of the molecule is CC(=O)N1CCC(CC(=O)NC2(C)C=CC(c3ccccc3)=CC2)CC1. The molecule has 3 rings (SSSR count). The van der Waals surface area contributed by atoms with E-state index in [0.717, 1.165) is 32.4 Å². The summed E-state index contributed by atoms with van der Waals surface area (Å²) in [6.45, 7) is 5.22. The van der Waals surface area contributed by atoms with Crippen LogP contribution in [0.2, 0.25) is 0 Å². The summed E-state index contributed by atoms with van der Waals surface area (Å²) in [5.74, 6) is 0.612. The highest BCUT2D eigenvalue weighted by molar-refractivity contribution is 5.79. The van der Waals surface area contributed by atoms with Gasteiger partial charge in [0.15, 0.2) is 0 Å². The number of likely N-dealkylation sites (tertiary alicyclic amines) is 1. The first-order valence-corrected chi connectivity index (χ1v) is 9.46. The molecule has 0 aromatic heterocycles. The van der Waals surface area contributed by atoms with E-state index in [-0.39, 0.29) is 17.4 Å². The number of carbonyl (C=O) groups is 2. The fraction of sp³-hybridized carbons (Fsp3) is 0.455. The van der Waals surface area contributed by atoms with Gasteiger partial charge in [-0.2, -0.15) is 0 Å². The fourth-order valence-electron chi connectivity index (χ4n) is 3.75. The van der Waals surface area contributed by atoms with Gasteiger partial charge in [-0.3, -0.25) is 9.59 Å². The van der Waals surface area contributed by atoms with Crippen molar-refractivity contribution >= 4 is 17.4 Å². The van der Waals surface area contributed by atoms with E-state index in [9.17, 15) is 9.59 Å². The molecule has 0 saturated carbocycles. The van der Waals surface area contributed by atoms with Crippen molar-refractivity contribution in [1.82, 2.24) is 10.2 Å². The van der Waals surface area contributed by atoms with Crippen molar-refractivity contribution in [1.29, 1.82) is 0 Å². The molecule has 1 aromatic rings. The lowest BCUT2D eigenvalue weighted by molar-refractivity contribution is -0.130. The highest BCUT2D eigenvalue weighted by atomic mass is 16.2. The molecule has 1 aliphatic heterocycles. The van der Waals surface area contributed by atoms with Gasteiger partial charge in [0.2, 0.25) is 11.8 Å². The van der Waals surface area contributed by atoms with Crippen LogP contribution in [0.5, 0.6) is 0 Å². The van der Waals surface area contributed by atoms with Gasteiger partial charge in [0.25, 0.3) is 0 Å². The second-order valence-electron chi connectivity index (χ2n) is 7.68. The maximum Gasteiger partial charge on any atom is 0.220 e. The zero-order chi connectivity index (χ0) is 18.6. The lowest BCUT2D eigenvalue weighted by atomic mass is 9.87. The molecule has 1 aromatic carbocycles. The summed E-state index contributed by atoms with van der Waals surface area (Å²) in [5, 5.41) is 3.20. The molecule has 0 bridgehead atoms. The first kappa shape index (κ1) is 18.4. The molecular weight excluding hydrogens is 324 g/mol. The van der Waals surface area contributed by atoms with Crippen LogP contribution in [0.4, 0.5) is 0 Å². The monoisotopic (exact) mass is 352 g/mol. The molecule has 1 atom stereocenters. The normalized spacial score (nSPS) is 23.5. The maximum atomic E-state index is 12.5. The molecule has 1 N–H and O–H groups in total. The van der Waals surface area contributed by atoms with Crippen LogP contribution in [0.25, 0.3) is 5.57 Å². The van der Waals surface area contributed by atoms with Gasteiger partial charge < -0.3 is 10.2 Å². The van der Waals surface area contributed by atoms with E-state index in [1.165, 1.54) is 11.1 Å². The number of benzene rings is 1. The molecule has 1 aliphatic carbocycles. The van der Waals surface area contributed by atoms with Crippen LogP contribution in [-0.2, 0) is 9.59 Å². The van der Waals surface area contributed by atoms with E-state index < -0.39 is 0 Å². The minimum Gasteiger partial charge on any atom is -0.347 e. The molecule has 138 valence electrons. The molecule has 4 heteroatoms. The van der Waals surface area contributed by atoms with Gasteiger partial charge in [-0.1, -0.05) is 48.6 Å². The average molecular weight is 352 g/mol. The van der Waals surface area contributed by atoms with Crippen molar-refractivity contribution in [3.8, 4) is 0 Å². The Balaban J connectivity index is 1.50. The Kier molecular flexibility index (Phi) is 5.60. The van der Waals surface area contributed by atoms with Crippen LogP contribution >= 0.6 is 0 Å². The summed E-state index contributed by atoms with van der Waals surface area (Å²) < 4.78 is 0. The fourth-order valence-corrected chi connectivity index (χ4v) is 3.75. The number of hydrogen-bond donors (Lipinski definition) is 1. The van der Waals surface area contributed by atoms with Gasteiger partial charge in [0.05, 0.1) is 5.54 Å². The zero-order valence-corrected chi connectivity index (χ0v) is 15.7. The molecule has 26 heavy (non-hydrogen) atoms. The van der Waals surface area contributed by atoms with Crippen molar-refractivity contribution in [2.75, 3.05) is 13.1 Å². The highest BCUT2D eigenvalue weighted by Crippen LogP contribution is 2.27. The molecule has 2 amide bonds. The molecule has 1 heterocycles. The molecule has 1 saturated heterocycles. The molecule has 1 fully saturated rings. The van der Waals surface area contributed by atoms with E-state index in [0.29, 0.717) is 12.3 Å². The number of nitrogens with zero attached hydrogens (tertiary/aromatic N) is 1. The Morgan fingerprint density at radius 3 is 2.46 bits per heavy atom. The number of rotatable bonds is 4. The smallest absolute Gasteiger partial charge is 0.220 e. The number of piperidine rings is 1. The second-order valence-corrected chi connectivity index (χ2v) is 7.68. The summed E-state index contributed by atoms with van der Waals surface area (Å²) in [6.07, 6.45) is 9.57. The van der Waals surface area contributed by atoms with E-state index >= 15 is 0 Å². The van der Waals surface area contributed by atoms with Gasteiger partial charge in [0, 0.05) is 26.4 Å². The van der Waals surface area contributed by atoms with Gasteiger partial charge >= 0.3 is 0 Å². The Labute approximate surface area is 156 Å². The van der Waals surface area contributed by atoms with Crippen LogP contribution < -0.4 is 5.32 Å². The molecule has 0 spiro atoms. The van der Waals surface area contributed by atoms with Crippen molar-refractivity contribution in [2.24, 2.45) is 5.92 Å². The Morgan fingerprint density at radius 1 is 1.19 bits per heavy atom. The van der Waals surface area contributed by atoms with E-state index in [1.807, 2.05) is 23.1 Å². The quantitative estimate of drug-likeness (QED) is 0.901. The predicted octanol–water partition coefficient (Wildman–Crippen LogP) is 3.55. The maximum absolute atomic E-state index is 12.5. The average Bonchev–Trinajstić information content (AvgIpc) is 2.63. The van der Waals surface area contributed by atoms with Crippen LogP contribution in [0.3, 0.4) is 0 Å². The summed E-state index contributed by atoms with van der Waals surface area (Å²) in [5.41, 5.74) is 2.08. The summed E-state index contributed by atoms with van der Waals surface area (Å²) in [4.78, 5) is 25.8. The van der Waals surface area contributed by atoms with Crippen molar-refractivity contribution < 1.29 is 9.59 Å². The van der Waals surface area contributed by atoms with Crippen molar-refractivity contribution in [3.63, 3.8) is 0 Å². The molecule has 2 aliphatic rings. The van der Waals surface area contributed by atoms with Crippen LogP contribution in [0.15, 0.2) is 48.6 Å². The van der Waals surface area contributed by atoms with Gasteiger partial charge in [-0.25, -0.2) is 0 Å². The molecule has 1 unspecified atom stereocenters. The number of allylic oxidation sites excluding steroid dienone is 2. The van der Waals surface area contributed by atoms with Gasteiger partial charge in [0.1, 0.15) is 0 Å². The Morgan fingerprint density at radius 2 is 1.88 bits per heavy atom. The topological polar surface area (TPSA) is 49.4 Å². The number of amides is 2. The van der Waals surface area contributed by atoms with Crippen molar-refractivity contribution in [2.45, 2.75) is 45.1 Å². The standard InChI is InChI=1S/C22H28N2O2/c1-17(25)24-14-10-18(11-15-24)16-21(26)23-22(2)12-8-20(9-13-22)19-6-4-3-5-7-19/h3-9,12,18H,10-11,13-16H2,1-2H3,(H,23,26). The third-order valence-electron chi connectivity index (χ3n) is 5.44. The first-order valence-electron chi connectivity index (χ1n) is 9.46. The largest absolute Gasteiger partial charge is 0.347 e. The lowest BCUT2D eigenvalue weighted by Gasteiger charge is -2.33. The van der Waals surface area contributed by atoms with Gasteiger partial charge in [-0.05, 0) is 43.2 Å². The molecular formula is C22H28N2O2. The Hall–Kier alpha value is -2.36. The van der Waals surface area contributed by atoms with E-state index in [4.69, 9.17) is 0 Å².